The van der Waals surface area contributed by atoms with Crippen molar-refractivity contribution in [1.82, 2.24) is 4.90 Å². The summed E-state index contributed by atoms with van der Waals surface area (Å²) >= 11 is 3.40. The van der Waals surface area contributed by atoms with Crippen molar-refractivity contribution in [2.24, 2.45) is 0 Å². The number of anilines is 1. The first-order valence-electron chi connectivity index (χ1n) is 9.70. The van der Waals surface area contributed by atoms with Crippen LogP contribution in [0.3, 0.4) is 0 Å². The van der Waals surface area contributed by atoms with Gasteiger partial charge in [-0.25, -0.2) is 0 Å². The van der Waals surface area contributed by atoms with Crippen LogP contribution in [0.2, 0.25) is 0 Å². The first-order chi connectivity index (χ1) is 14.8. The fraction of sp³-hybridized carbons (Fsp3) is 0.429. The van der Waals surface area contributed by atoms with Crippen molar-refractivity contribution < 1.29 is 36.2 Å². The molecule has 3 N–H and O–H groups in total. The Morgan fingerprint density at radius 2 is 1.53 bits per heavy atom. The summed E-state index contributed by atoms with van der Waals surface area (Å²) in [6, 6.07) is 8.94. The summed E-state index contributed by atoms with van der Waals surface area (Å²) in [5.74, 6) is 0.676. The van der Waals surface area contributed by atoms with Gasteiger partial charge in [0.15, 0.2) is 0 Å². The van der Waals surface area contributed by atoms with Gasteiger partial charge in [0.2, 0.25) is 0 Å². The summed E-state index contributed by atoms with van der Waals surface area (Å²) in [5, 5.41) is 9.47. The molecule has 0 bridgehead atoms. The lowest BCUT2D eigenvalue weighted by atomic mass is 9.91. The van der Waals surface area contributed by atoms with Gasteiger partial charge in [-0.15, -0.1) is 0 Å². The Morgan fingerprint density at radius 1 is 0.969 bits per heavy atom. The molecule has 32 heavy (non-hydrogen) atoms. The normalized spacial score (nSPS) is 16.9. The van der Waals surface area contributed by atoms with Crippen molar-refractivity contribution in [2.75, 3.05) is 18.8 Å². The number of ether oxygens (including phenoxy) is 1. The van der Waals surface area contributed by atoms with E-state index in [0.29, 0.717) is 61.6 Å². The largest absolute Gasteiger partial charge is 0.489 e. The van der Waals surface area contributed by atoms with Gasteiger partial charge in [-0.1, -0.05) is 24.3 Å². The van der Waals surface area contributed by atoms with Gasteiger partial charge in [0.1, 0.15) is 11.9 Å². The van der Waals surface area contributed by atoms with Gasteiger partial charge in [0, 0.05) is 30.9 Å². The van der Waals surface area contributed by atoms with Crippen LogP contribution in [-0.2, 0) is 12.1 Å². The molecule has 0 aromatic heterocycles. The van der Waals surface area contributed by atoms with Crippen molar-refractivity contribution in [3.63, 3.8) is 0 Å². The maximum absolute atomic E-state index is 13.0. The van der Waals surface area contributed by atoms with Gasteiger partial charge >= 0.3 is 12.4 Å². The quantitative estimate of drug-likeness (QED) is 0.405. The number of aliphatic hydroxyl groups is 1. The summed E-state index contributed by atoms with van der Waals surface area (Å²) in [7, 11) is 0. The second-order valence-electron chi connectivity index (χ2n) is 7.69. The molecule has 1 aliphatic rings. The van der Waals surface area contributed by atoms with Crippen LogP contribution in [0.15, 0.2) is 46.9 Å². The number of nitrogen functional groups attached to an aromatic ring is 1. The van der Waals surface area contributed by atoms with Crippen LogP contribution in [0, 0.1) is 0 Å². The van der Waals surface area contributed by atoms with E-state index in [0.717, 1.165) is 4.47 Å². The number of hydrogen-bond acceptors (Lipinski definition) is 4. The molecule has 3 rings (SSSR count). The minimum absolute atomic E-state index is 0.0258. The van der Waals surface area contributed by atoms with E-state index in [1.165, 1.54) is 12.1 Å². The fourth-order valence-electron chi connectivity index (χ4n) is 3.58. The molecule has 2 aromatic rings. The zero-order valence-electron chi connectivity index (χ0n) is 16.7. The van der Waals surface area contributed by atoms with Crippen LogP contribution in [-0.4, -0.2) is 41.6 Å². The van der Waals surface area contributed by atoms with E-state index in [-0.39, 0.29) is 6.10 Å². The van der Waals surface area contributed by atoms with Crippen molar-refractivity contribution in [3.8, 4) is 5.75 Å². The summed E-state index contributed by atoms with van der Waals surface area (Å²) in [6.45, 7) is 1.65. The Balaban J connectivity index is 1.60. The molecule has 1 aliphatic heterocycles. The second kappa shape index (κ2) is 9.11. The standard InChI is InChI=1S/C21H21BrF6N2O2/c22-17-11-15(29)5-6-18(17)32-16-7-9-30(10-8-16)12-13-1-3-14(4-2-13)19(31,20(23,24)25)21(26,27)28/h1-6,11,16,31H,7-10,12,29H2. The number of piperidine rings is 1. The third kappa shape index (κ3) is 5.15. The number of benzene rings is 2. The smallest absolute Gasteiger partial charge is 0.430 e. The van der Waals surface area contributed by atoms with Crippen LogP contribution in [0.4, 0.5) is 32.0 Å². The Kier molecular flexibility index (Phi) is 7.02. The zero-order chi connectivity index (χ0) is 23.7. The van der Waals surface area contributed by atoms with Crippen molar-refractivity contribution in [3.05, 3.63) is 58.1 Å². The topological polar surface area (TPSA) is 58.7 Å². The number of nitrogens with two attached hydrogens (primary N) is 1. The average Bonchev–Trinajstić information content (AvgIpc) is 2.70. The van der Waals surface area contributed by atoms with Crippen LogP contribution in [0.25, 0.3) is 0 Å². The van der Waals surface area contributed by atoms with Gasteiger partial charge in [-0.05, 0) is 52.5 Å². The SMILES string of the molecule is Nc1ccc(OC2CCN(Cc3ccc(C(O)(C(F)(F)F)C(F)(F)F)cc3)CC2)c(Br)c1. The lowest BCUT2D eigenvalue weighted by molar-refractivity contribution is -0.376. The third-order valence-electron chi connectivity index (χ3n) is 5.38. The molecular formula is C21H21BrF6N2O2. The van der Waals surface area contributed by atoms with Gasteiger partial charge < -0.3 is 15.6 Å². The number of alkyl halides is 6. The number of halogens is 7. The van der Waals surface area contributed by atoms with Crippen molar-refractivity contribution in [1.29, 1.82) is 0 Å². The van der Waals surface area contributed by atoms with Gasteiger partial charge in [0.05, 0.1) is 4.47 Å². The second-order valence-corrected chi connectivity index (χ2v) is 8.54. The number of rotatable bonds is 5. The monoisotopic (exact) mass is 526 g/mol. The minimum atomic E-state index is -5.89. The molecule has 0 aliphatic carbocycles. The first kappa shape index (κ1) is 24.7. The molecule has 1 fully saturated rings. The first-order valence-corrected chi connectivity index (χ1v) is 10.5. The van der Waals surface area contributed by atoms with E-state index in [4.69, 9.17) is 10.5 Å². The lowest BCUT2D eigenvalue weighted by Gasteiger charge is -2.33. The van der Waals surface area contributed by atoms with Crippen LogP contribution in [0.5, 0.6) is 5.75 Å². The van der Waals surface area contributed by atoms with E-state index in [1.807, 2.05) is 4.90 Å². The molecular weight excluding hydrogens is 506 g/mol. The summed E-state index contributed by atoms with van der Waals surface area (Å²) in [6.07, 6.45) is -10.4. The highest BCUT2D eigenvalue weighted by Gasteiger charge is 2.71. The minimum Gasteiger partial charge on any atom is -0.489 e. The lowest BCUT2D eigenvalue weighted by Crippen LogP contribution is -2.53. The van der Waals surface area contributed by atoms with E-state index in [9.17, 15) is 31.4 Å². The predicted molar refractivity (Wildman–Crippen MR) is 110 cm³/mol. The van der Waals surface area contributed by atoms with Crippen molar-refractivity contribution in [2.45, 2.75) is 43.4 Å². The Bertz CT molecular complexity index is 911. The highest BCUT2D eigenvalue weighted by molar-refractivity contribution is 9.10. The molecule has 176 valence electrons. The molecule has 4 nitrogen and oxygen atoms in total. The molecule has 2 aromatic carbocycles. The molecule has 1 saturated heterocycles. The molecule has 0 unspecified atom stereocenters. The summed E-state index contributed by atoms with van der Waals surface area (Å²) in [4.78, 5) is 2.03. The van der Waals surface area contributed by atoms with Gasteiger partial charge in [-0.3, -0.25) is 4.90 Å². The van der Waals surface area contributed by atoms with Crippen LogP contribution < -0.4 is 10.5 Å². The van der Waals surface area contributed by atoms with E-state index < -0.39 is 23.5 Å². The van der Waals surface area contributed by atoms with Crippen molar-refractivity contribution >= 4 is 21.6 Å². The Morgan fingerprint density at radius 3 is 2.03 bits per heavy atom. The van der Waals surface area contributed by atoms with Crippen LogP contribution in [0.1, 0.15) is 24.0 Å². The molecule has 11 heteroatoms. The third-order valence-corrected chi connectivity index (χ3v) is 6.00. The van der Waals surface area contributed by atoms with E-state index in [2.05, 4.69) is 15.9 Å². The maximum atomic E-state index is 13.0. The van der Waals surface area contributed by atoms with Gasteiger partial charge in [0.25, 0.3) is 5.60 Å². The molecule has 0 atom stereocenters. The van der Waals surface area contributed by atoms with E-state index >= 15 is 0 Å². The maximum Gasteiger partial charge on any atom is 0.430 e. The van der Waals surface area contributed by atoms with Gasteiger partial charge in [-0.2, -0.15) is 26.3 Å². The highest BCUT2D eigenvalue weighted by atomic mass is 79.9. The number of likely N-dealkylation sites (tertiary alicyclic amines) is 1. The Hall–Kier alpha value is -1.98. The number of hydrogen-bond donors (Lipinski definition) is 2. The molecule has 1 heterocycles. The van der Waals surface area contributed by atoms with E-state index in [1.54, 1.807) is 18.2 Å². The Labute approximate surface area is 189 Å². The number of nitrogens with zero attached hydrogens (tertiary/aromatic N) is 1. The molecule has 0 saturated carbocycles. The molecule has 0 spiro atoms. The summed E-state index contributed by atoms with van der Waals surface area (Å²) < 4.78 is 84.7. The molecule has 0 radical (unpaired) electrons. The highest BCUT2D eigenvalue weighted by Crippen LogP contribution is 2.50. The molecule has 0 amide bonds. The predicted octanol–water partition coefficient (Wildman–Crippen LogP) is 5.39. The average molecular weight is 527 g/mol. The summed E-state index contributed by atoms with van der Waals surface area (Å²) in [5.41, 5.74) is 0.685. The zero-order valence-corrected chi connectivity index (χ0v) is 18.3. The van der Waals surface area contributed by atoms with Crippen LogP contribution >= 0.6 is 15.9 Å². The fourth-order valence-corrected chi connectivity index (χ4v) is 4.07.